The fourth-order valence-electron chi connectivity index (χ4n) is 3.92. The molecule has 1 N–H and O–H groups in total. The standard InChI is InChI=1S/C28H44O8/c1-6-21(7-2)20-23-17-15-22(16-18-23)14-12-11-13-19-36-24(25(29)33-8-3)28(32,26(30)34-9-4)27(31)35-10-5/h15-18,21,24,32H,6-14,19-20H2,1-5H3. The van der Waals surface area contributed by atoms with Crippen molar-refractivity contribution in [2.24, 2.45) is 5.92 Å². The molecule has 1 aromatic carbocycles. The number of ether oxygens (including phenoxy) is 4. The molecule has 8 heteroatoms. The number of benzene rings is 1. The van der Waals surface area contributed by atoms with Gasteiger partial charge < -0.3 is 24.1 Å². The number of esters is 3. The summed E-state index contributed by atoms with van der Waals surface area (Å²) in [5.41, 5.74) is -0.330. The van der Waals surface area contributed by atoms with Crippen molar-refractivity contribution in [1.29, 1.82) is 0 Å². The Labute approximate surface area is 215 Å². The maximum absolute atomic E-state index is 12.5. The van der Waals surface area contributed by atoms with Crippen molar-refractivity contribution in [2.45, 2.75) is 91.3 Å². The van der Waals surface area contributed by atoms with Gasteiger partial charge in [0, 0.05) is 6.61 Å². The lowest BCUT2D eigenvalue weighted by atomic mass is 9.94. The van der Waals surface area contributed by atoms with Gasteiger partial charge in [-0.3, -0.25) is 0 Å². The Balaban J connectivity index is 2.68. The zero-order valence-corrected chi connectivity index (χ0v) is 22.5. The normalized spacial score (nSPS) is 12.3. The Morgan fingerprint density at radius 2 is 1.31 bits per heavy atom. The molecule has 0 aliphatic heterocycles. The summed E-state index contributed by atoms with van der Waals surface area (Å²) in [7, 11) is 0. The quantitative estimate of drug-likeness (QED) is 0.136. The lowest BCUT2D eigenvalue weighted by Gasteiger charge is -2.30. The molecule has 0 aromatic heterocycles. The van der Waals surface area contributed by atoms with Gasteiger partial charge in [-0.25, -0.2) is 14.4 Å². The number of carbonyl (C=O) groups excluding carboxylic acids is 3. The van der Waals surface area contributed by atoms with E-state index in [0.717, 1.165) is 31.6 Å². The van der Waals surface area contributed by atoms with E-state index in [0.29, 0.717) is 6.42 Å². The summed E-state index contributed by atoms with van der Waals surface area (Å²) in [6.45, 7) is 8.89. The van der Waals surface area contributed by atoms with E-state index in [1.165, 1.54) is 37.8 Å². The van der Waals surface area contributed by atoms with E-state index < -0.39 is 29.6 Å². The summed E-state index contributed by atoms with van der Waals surface area (Å²) in [4.78, 5) is 37.5. The van der Waals surface area contributed by atoms with Crippen LogP contribution in [-0.2, 0) is 46.2 Å². The third-order valence-corrected chi connectivity index (χ3v) is 6.15. The molecule has 1 atom stereocenters. The van der Waals surface area contributed by atoms with Crippen LogP contribution < -0.4 is 0 Å². The van der Waals surface area contributed by atoms with Crippen LogP contribution in [0.5, 0.6) is 0 Å². The van der Waals surface area contributed by atoms with Gasteiger partial charge in [0.1, 0.15) is 0 Å². The first kappa shape index (κ1) is 31.6. The van der Waals surface area contributed by atoms with Crippen LogP contribution in [0.3, 0.4) is 0 Å². The first-order chi connectivity index (χ1) is 17.3. The van der Waals surface area contributed by atoms with E-state index in [4.69, 9.17) is 18.9 Å². The maximum Gasteiger partial charge on any atom is 0.353 e. The van der Waals surface area contributed by atoms with Crippen molar-refractivity contribution in [2.75, 3.05) is 26.4 Å². The van der Waals surface area contributed by atoms with Crippen LogP contribution in [-0.4, -0.2) is 61.1 Å². The summed E-state index contributed by atoms with van der Waals surface area (Å²) in [6, 6.07) is 8.74. The molecule has 0 bridgehead atoms. The molecule has 0 amide bonds. The Morgan fingerprint density at radius 3 is 1.81 bits per heavy atom. The SMILES string of the molecule is CCOC(=O)C(OCCCCCc1ccc(CC(CC)CC)cc1)C(O)(C(=O)OCC)C(=O)OCC. The van der Waals surface area contributed by atoms with E-state index in [9.17, 15) is 19.5 Å². The van der Waals surface area contributed by atoms with Crippen LogP contribution in [0.4, 0.5) is 0 Å². The molecule has 1 rings (SSSR count). The summed E-state index contributed by atoms with van der Waals surface area (Å²) in [5.74, 6) is -2.93. The minimum absolute atomic E-state index is 0.0171. The van der Waals surface area contributed by atoms with Gasteiger partial charge in [-0.2, -0.15) is 0 Å². The topological polar surface area (TPSA) is 108 Å². The Kier molecular flexibility index (Phi) is 15.0. The zero-order chi connectivity index (χ0) is 27.0. The molecule has 36 heavy (non-hydrogen) atoms. The summed E-state index contributed by atoms with van der Waals surface area (Å²) < 4.78 is 20.2. The molecule has 0 fully saturated rings. The predicted octanol–water partition coefficient (Wildman–Crippen LogP) is 4.18. The summed E-state index contributed by atoms with van der Waals surface area (Å²) in [6.07, 6.45) is 4.76. The molecule has 0 saturated carbocycles. The van der Waals surface area contributed by atoms with E-state index >= 15 is 0 Å². The number of aliphatic hydroxyl groups is 1. The van der Waals surface area contributed by atoms with Crippen molar-refractivity contribution in [3.05, 3.63) is 35.4 Å². The molecule has 0 radical (unpaired) electrons. The molecule has 0 aliphatic rings. The first-order valence-electron chi connectivity index (χ1n) is 13.2. The van der Waals surface area contributed by atoms with Gasteiger partial charge in [-0.15, -0.1) is 0 Å². The second-order valence-electron chi connectivity index (χ2n) is 8.72. The highest BCUT2D eigenvalue weighted by molar-refractivity contribution is 6.08. The minimum Gasteiger partial charge on any atom is -0.464 e. The van der Waals surface area contributed by atoms with Gasteiger partial charge in [0.25, 0.3) is 5.60 Å². The minimum atomic E-state index is -2.95. The van der Waals surface area contributed by atoms with Gasteiger partial charge in [-0.05, 0) is 63.5 Å². The highest BCUT2D eigenvalue weighted by Crippen LogP contribution is 2.22. The van der Waals surface area contributed by atoms with Crippen molar-refractivity contribution in [1.82, 2.24) is 0 Å². The molecule has 1 aromatic rings. The van der Waals surface area contributed by atoms with Gasteiger partial charge in [0.05, 0.1) is 19.8 Å². The average Bonchev–Trinajstić information content (AvgIpc) is 2.87. The second-order valence-corrected chi connectivity index (χ2v) is 8.72. The average molecular weight is 509 g/mol. The Bertz CT molecular complexity index is 767. The second kappa shape index (κ2) is 17.1. The molecule has 1 unspecified atom stereocenters. The molecule has 0 saturated heterocycles. The smallest absolute Gasteiger partial charge is 0.353 e. The van der Waals surface area contributed by atoms with Crippen LogP contribution >= 0.6 is 0 Å². The number of hydrogen-bond donors (Lipinski definition) is 1. The van der Waals surface area contributed by atoms with Gasteiger partial charge in [0.15, 0.2) is 0 Å². The van der Waals surface area contributed by atoms with Crippen LogP contribution in [0.1, 0.15) is 77.8 Å². The number of carbonyl (C=O) groups is 3. The zero-order valence-electron chi connectivity index (χ0n) is 22.5. The first-order valence-corrected chi connectivity index (χ1v) is 13.2. The van der Waals surface area contributed by atoms with Gasteiger partial charge in [-0.1, -0.05) is 57.4 Å². The van der Waals surface area contributed by atoms with Crippen LogP contribution in [0, 0.1) is 5.92 Å². The third-order valence-electron chi connectivity index (χ3n) is 6.15. The van der Waals surface area contributed by atoms with E-state index in [2.05, 4.69) is 38.1 Å². The molecule has 0 heterocycles. The molecule has 0 aliphatic carbocycles. The predicted molar refractivity (Wildman–Crippen MR) is 136 cm³/mol. The lowest BCUT2D eigenvalue weighted by Crippen LogP contribution is -2.61. The largest absolute Gasteiger partial charge is 0.464 e. The van der Waals surface area contributed by atoms with E-state index in [1.807, 2.05) is 0 Å². The van der Waals surface area contributed by atoms with Crippen molar-refractivity contribution >= 4 is 17.9 Å². The van der Waals surface area contributed by atoms with Crippen molar-refractivity contribution in [3.8, 4) is 0 Å². The fraction of sp³-hybridized carbons (Fsp3) is 0.679. The number of rotatable bonds is 18. The Morgan fingerprint density at radius 1 is 0.778 bits per heavy atom. The molecular weight excluding hydrogens is 464 g/mol. The van der Waals surface area contributed by atoms with Gasteiger partial charge in [0.2, 0.25) is 6.10 Å². The number of unbranched alkanes of at least 4 members (excludes halogenated alkanes) is 2. The summed E-state index contributed by atoms with van der Waals surface area (Å²) >= 11 is 0. The van der Waals surface area contributed by atoms with Gasteiger partial charge >= 0.3 is 17.9 Å². The van der Waals surface area contributed by atoms with E-state index in [-0.39, 0.29) is 26.4 Å². The molecule has 0 spiro atoms. The molecular formula is C28H44O8. The summed E-state index contributed by atoms with van der Waals surface area (Å²) in [5, 5.41) is 11.0. The monoisotopic (exact) mass is 508 g/mol. The third kappa shape index (κ3) is 9.54. The number of aryl methyl sites for hydroxylation is 1. The highest BCUT2D eigenvalue weighted by Gasteiger charge is 2.58. The van der Waals surface area contributed by atoms with Crippen molar-refractivity contribution in [3.63, 3.8) is 0 Å². The Hall–Kier alpha value is -2.45. The molecule has 8 nitrogen and oxygen atoms in total. The van der Waals surface area contributed by atoms with E-state index in [1.54, 1.807) is 6.92 Å². The van der Waals surface area contributed by atoms with Crippen LogP contribution in [0.2, 0.25) is 0 Å². The fourth-order valence-corrected chi connectivity index (χ4v) is 3.92. The number of hydrogen-bond acceptors (Lipinski definition) is 8. The molecule has 204 valence electrons. The van der Waals surface area contributed by atoms with Crippen LogP contribution in [0.25, 0.3) is 0 Å². The van der Waals surface area contributed by atoms with Crippen molar-refractivity contribution < 1.29 is 38.4 Å². The lowest BCUT2D eigenvalue weighted by molar-refractivity contribution is -0.208. The maximum atomic E-state index is 12.5. The highest BCUT2D eigenvalue weighted by atomic mass is 16.6. The van der Waals surface area contributed by atoms with Crippen LogP contribution in [0.15, 0.2) is 24.3 Å².